The quantitative estimate of drug-likeness (QED) is 0.723. The molecule has 0 saturated carbocycles. The number of anilines is 1. The first-order chi connectivity index (χ1) is 8.76. The van der Waals surface area contributed by atoms with E-state index in [0.29, 0.717) is 5.88 Å². The summed E-state index contributed by atoms with van der Waals surface area (Å²) in [6.07, 6.45) is 4.89. The smallest absolute Gasteiger partial charge is 0.146 e. The number of halogens is 2. The van der Waals surface area contributed by atoms with E-state index in [4.69, 9.17) is 11.6 Å². The maximum absolute atomic E-state index is 14.0. The van der Waals surface area contributed by atoms with Crippen LogP contribution in [0.3, 0.4) is 0 Å². The van der Waals surface area contributed by atoms with E-state index in [-0.39, 0.29) is 5.82 Å². The molecule has 1 nitrogen and oxygen atoms in total. The van der Waals surface area contributed by atoms with E-state index in [0.717, 1.165) is 30.3 Å². The topological polar surface area (TPSA) is 3.24 Å². The summed E-state index contributed by atoms with van der Waals surface area (Å²) < 4.78 is 14.0. The van der Waals surface area contributed by atoms with Gasteiger partial charge in [-0.3, -0.25) is 0 Å². The molecule has 0 bridgehead atoms. The fraction of sp³-hybridized carbons (Fsp3) is 0.600. The van der Waals surface area contributed by atoms with Crippen LogP contribution in [0.1, 0.15) is 38.2 Å². The number of benzene rings is 1. The van der Waals surface area contributed by atoms with E-state index in [9.17, 15) is 4.39 Å². The van der Waals surface area contributed by atoms with Gasteiger partial charge < -0.3 is 4.90 Å². The van der Waals surface area contributed by atoms with Gasteiger partial charge >= 0.3 is 0 Å². The van der Waals surface area contributed by atoms with Gasteiger partial charge in [0.25, 0.3) is 0 Å². The molecule has 0 radical (unpaired) electrons. The molecule has 0 unspecified atom stereocenters. The third kappa shape index (κ3) is 2.97. The molecule has 0 aromatic heterocycles. The maximum Gasteiger partial charge on any atom is 0.146 e. The van der Waals surface area contributed by atoms with Gasteiger partial charge in [-0.25, -0.2) is 4.39 Å². The molecule has 1 fully saturated rings. The van der Waals surface area contributed by atoms with Crippen LogP contribution in [0.15, 0.2) is 18.2 Å². The summed E-state index contributed by atoms with van der Waals surface area (Å²) in [4.78, 5) is 2.17. The highest BCUT2D eigenvalue weighted by atomic mass is 35.5. The average molecular weight is 270 g/mol. The van der Waals surface area contributed by atoms with Gasteiger partial charge in [-0.05, 0) is 30.4 Å². The first-order valence-electron chi connectivity index (χ1n) is 6.84. The van der Waals surface area contributed by atoms with Crippen LogP contribution in [0.2, 0.25) is 0 Å². The number of rotatable bonds is 4. The first-order valence-corrected chi connectivity index (χ1v) is 7.38. The minimum atomic E-state index is -0.137. The zero-order valence-corrected chi connectivity index (χ0v) is 11.7. The number of para-hydroxylation sites is 1. The van der Waals surface area contributed by atoms with Crippen molar-refractivity contribution in [3.63, 3.8) is 0 Å². The highest BCUT2D eigenvalue weighted by Crippen LogP contribution is 2.31. The van der Waals surface area contributed by atoms with E-state index in [1.54, 1.807) is 6.07 Å². The lowest BCUT2D eigenvalue weighted by molar-refractivity contribution is 0.376. The van der Waals surface area contributed by atoms with E-state index >= 15 is 0 Å². The van der Waals surface area contributed by atoms with Crippen molar-refractivity contribution in [1.29, 1.82) is 0 Å². The largest absolute Gasteiger partial charge is 0.369 e. The van der Waals surface area contributed by atoms with Crippen LogP contribution in [0, 0.1) is 11.7 Å². The van der Waals surface area contributed by atoms with Crippen molar-refractivity contribution < 1.29 is 4.39 Å². The lowest BCUT2D eigenvalue weighted by atomic mass is 9.92. The predicted molar refractivity (Wildman–Crippen MR) is 75.8 cm³/mol. The van der Waals surface area contributed by atoms with Gasteiger partial charge in [0, 0.05) is 19.0 Å². The molecule has 0 aliphatic carbocycles. The molecule has 3 heteroatoms. The molecule has 1 saturated heterocycles. The summed E-state index contributed by atoms with van der Waals surface area (Å²) in [5.41, 5.74) is 1.63. The third-order valence-electron chi connectivity index (χ3n) is 3.84. The van der Waals surface area contributed by atoms with Crippen LogP contribution >= 0.6 is 11.6 Å². The van der Waals surface area contributed by atoms with Gasteiger partial charge in [0.15, 0.2) is 0 Å². The molecular weight excluding hydrogens is 249 g/mol. The Morgan fingerprint density at radius 3 is 2.67 bits per heavy atom. The van der Waals surface area contributed by atoms with Crippen LogP contribution in [-0.2, 0) is 5.88 Å². The van der Waals surface area contributed by atoms with Crippen molar-refractivity contribution in [2.75, 3.05) is 18.0 Å². The van der Waals surface area contributed by atoms with Gasteiger partial charge in [-0.2, -0.15) is 0 Å². The Morgan fingerprint density at radius 2 is 2.06 bits per heavy atom. The molecule has 1 aromatic carbocycles. The molecule has 0 amide bonds. The van der Waals surface area contributed by atoms with Crippen LogP contribution in [0.5, 0.6) is 0 Å². The van der Waals surface area contributed by atoms with E-state index < -0.39 is 0 Å². The highest BCUT2D eigenvalue weighted by molar-refractivity contribution is 6.17. The summed E-state index contributed by atoms with van der Waals surface area (Å²) in [7, 11) is 0. The standard InChI is InChI=1S/C15H21ClFN/c1-2-4-12-7-9-18(10-8-12)15-13(11-16)5-3-6-14(15)17/h3,5-6,12H,2,4,7-11H2,1H3. The van der Waals surface area contributed by atoms with Gasteiger partial charge in [0.1, 0.15) is 5.82 Å². The summed E-state index contributed by atoms with van der Waals surface area (Å²) >= 11 is 5.91. The molecule has 1 aliphatic heterocycles. The molecule has 1 heterocycles. The Hall–Kier alpha value is -0.760. The summed E-state index contributed by atoms with van der Waals surface area (Å²) in [6.45, 7) is 4.14. The number of hydrogen-bond donors (Lipinski definition) is 0. The summed E-state index contributed by atoms with van der Waals surface area (Å²) in [5.74, 6) is 1.06. The molecule has 2 rings (SSSR count). The van der Waals surface area contributed by atoms with Crippen molar-refractivity contribution in [3.05, 3.63) is 29.6 Å². The van der Waals surface area contributed by atoms with E-state index in [2.05, 4.69) is 11.8 Å². The maximum atomic E-state index is 14.0. The van der Waals surface area contributed by atoms with Crippen LogP contribution < -0.4 is 4.90 Å². The zero-order valence-electron chi connectivity index (χ0n) is 11.0. The molecular formula is C15H21ClFN. The Bertz CT molecular complexity index is 386. The van der Waals surface area contributed by atoms with Crippen LogP contribution in [-0.4, -0.2) is 13.1 Å². The van der Waals surface area contributed by atoms with Crippen molar-refractivity contribution >= 4 is 17.3 Å². The minimum Gasteiger partial charge on any atom is -0.369 e. The average Bonchev–Trinajstić information content (AvgIpc) is 2.40. The predicted octanol–water partition coefficient (Wildman–Crippen LogP) is 4.58. The Balaban J connectivity index is 2.09. The third-order valence-corrected chi connectivity index (χ3v) is 4.13. The lowest BCUT2D eigenvalue weighted by Gasteiger charge is -2.34. The molecule has 100 valence electrons. The lowest BCUT2D eigenvalue weighted by Crippen LogP contribution is -2.34. The molecule has 1 aromatic rings. The second-order valence-electron chi connectivity index (χ2n) is 5.10. The van der Waals surface area contributed by atoms with Crippen LogP contribution in [0.4, 0.5) is 10.1 Å². The molecule has 0 atom stereocenters. The molecule has 1 aliphatic rings. The minimum absolute atomic E-state index is 0.137. The number of hydrogen-bond acceptors (Lipinski definition) is 1. The summed E-state index contributed by atoms with van der Waals surface area (Å²) in [6, 6.07) is 5.19. The van der Waals surface area contributed by atoms with Crippen molar-refractivity contribution in [2.24, 2.45) is 5.92 Å². The molecule has 18 heavy (non-hydrogen) atoms. The molecule has 0 N–H and O–H groups in total. The summed E-state index contributed by atoms with van der Waals surface area (Å²) in [5, 5.41) is 0. The first kappa shape index (κ1) is 13.7. The van der Waals surface area contributed by atoms with E-state index in [1.165, 1.54) is 31.7 Å². The second-order valence-corrected chi connectivity index (χ2v) is 5.37. The van der Waals surface area contributed by atoms with Gasteiger partial charge in [0.2, 0.25) is 0 Å². The zero-order chi connectivity index (χ0) is 13.0. The molecule has 0 spiro atoms. The number of nitrogens with zero attached hydrogens (tertiary/aromatic N) is 1. The highest BCUT2D eigenvalue weighted by Gasteiger charge is 2.22. The Labute approximate surface area is 114 Å². The van der Waals surface area contributed by atoms with Gasteiger partial charge in [-0.15, -0.1) is 11.6 Å². The SMILES string of the molecule is CCCC1CCN(c2c(F)cccc2CCl)CC1. The number of alkyl halides is 1. The second kappa shape index (κ2) is 6.42. The van der Waals surface area contributed by atoms with Crippen LogP contribution in [0.25, 0.3) is 0 Å². The fourth-order valence-electron chi connectivity index (χ4n) is 2.88. The van der Waals surface area contributed by atoms with Crippen molar-refractivity contribution in [3.8, 4) is 0 Å². The van der Waals surface area contributed by atoms with Crippen molar-refractivity contribution in [2.45, 2.75) is 38.5 Å². The Morgan fingerprint density at radius 1 is 1.33 bits per heavy atom. The van der Waals surface area contributed by atoms with Gasteiger partial charge in [0.05, 0.1) is 5.69 Å². The fourth-order valence-corrected chi connectivity index (χ4v) is 3.09. The van der Waals surface area contributed by atoms with E-state index in [1.807, 2.05) is 6.07 Å². The van der Waals surface area contributed by atoms with Gasteiger partial charge in [-0.1, -0.05) is 31.9 Å². The monoisotopic (exact) mass is 269 g/mol. The number of piperidine rings is 1. The van der Waals surface area contributed by atoms with Crippen molar-refractivity contribution in [1.82, 2.24) is 0 Å². The Kier molecular flexibility index (Phi) is 4.87. The normalized spacial score (nSPS) is 17.2.